The van der Waals surface area contributed by atoms with Gasteiger partial charge in [-0.25, -0.2) is 0 Å². The van der Waals surface area contributed by atoms with Crippen LogP contribution in [0.1, 0.15) is 226 Å². The number of hydrogen-bond donors (Lipinski definition) is 0. The molecule has 0 heterocycles. The highest BCUT2D eigenvalue weighted by Gasteiger charge is 2.19. The molecular weight excluding hydrogens is 661 g/mol. The van der Waals surface area contributed by atoms with E-state index in [1.807, 2.05) is 0 Å². The molecule has 0 bridgehead atoms. The lowest BCUT2D eigenvalue weighted by molar-refractivity contribution is -0.167. The fourth-order valence-electron chi connectivity index (χ4n) is 6.24. The average Bonchev–Trinajstić information content (AvgIpc) is 3.15. The SMILES string of the molecule is CC/C=C\C/C=C\CCCCCCCCCC(=O)OCC(COC(=O)CCCCCCCCCCC)OC(=O)CCCCCCC/C=C\CCCCC. The molecule has 0 radical (unpaired) electrons. The zero-order valence-corrected chi connectivity index (χ0v) is 35.0. The van der Waals surface area contributed by atoms with E-state index in [9.17, 15) is 14.4 Å². The number of ether oxygens (including phenoxy) is 3. The van der Waals surface area contributed by atoms with Gasteiger partial charge in [0.25, 0.3) is 0 Å². The van der Waals surface area contributed by atoms with Gasteiger partial charge in [0.15, 0.2) is 6.10 Å². The fraction of sp³-hybridized carbons (Fsp3) is 0.809. The summed E-state index contributed by atoms with van der Waals surface area (Å²) in [6.07, 6.45) is 47.0. The number of esters is 3. The van der Waals surface area contributed by atoms with Gasteiger partial charge in [-0.1, -0.05) is 173 Å². The van der Waals surface area contributed by atoms with Crippen LogP contribution >= 0.6 is 0 Å². The Morgan fingerprint density at radius 1 is 0.396 bits per heavy atom. The minimum absolute atomic E-state index is 0.0764. The van der Waals surface area contributed by atoms with Crippen molar-refractivity contribution < 1.29 is 28.6 Å². The summed E-state index contributed by atoms with van der Waals surface area (Å²) >= 11 is 0. The first-order chi connectivity index (χ1) is 26.0. The third kappa shape index (κ3) is 40.6. The van der Waals surface area contributed by atoms with Crippen LogP contribution < -0.4 is 0 Å². The average molecular weight is 745 g/mol. The Balaban J connectivity index is 4.36. The summed E-state index contributed by atoms with van der Waals surface area (Å²) in [5.41, 5.74) is 0. The minimum Gasteiger partial charge on any atom is -0.462 e. The van der Waals surface area contributed by atoms with Crippen LogP contribution in [0.25, 0.3) is 0 Å². The topological polar surface area (TPSA) is 78.9 Å². The van der Waals surface area contributed by atoms with E-state index in [0.717, 1.165) is 89.9 Å². The van der Waals surface area contributed by atoms with Gasteiger partial charge in [0.1, 0.15) is 13.2 Å². The second-order valence-electron chi connectivity index (χ2n) is 14.9. The van der Waals surface area contributed by atoms with Gasteiger partial charge in [-0.05, 0) is 70.6 Å². The molecule has 0 spiro atoms. The third-order valence-electron chi connectivity index (χ3n) is 9.63. The molecule has 0 aliphatic heterocycles. The monoisotopic (exact) mass is 745 g/mol. The highest BCUT2D eigenvalue weighted by atomic mass is 16.6. The molecular formula is C47H84O6. The van der Waals surface area contributed by atoms with Crippen molar-refractivity contribution in [1.29, 1.82) is 0 Å². The molecule has 0 aromatic carbocycles. The van der Waals surface area contributed by atoms with Crippen LogP contribution in [-0.4, -0.2) is 37.2 Å². The second-order valence-corrected chi connectivity index (χ2v) is 14.9. The minimum atomic E-state index is -0.773. The van der Waals surface area contributed by atoms with Gasteiger partial charge in [0.05, 0.1) is 0 Å². The van der Waals surface area contributed by atoms with E-state index in [0.29, 0.717) is 19.3 Å². The lowest BCUT2D eigenvalue weighted by Crippen LogP contribution is -2.30. The summed E-state index contributed by atoms with van der Waals surface area (Å²) in [5, 5.41) is 0. The van der Waals surface area contributed by atoms with Gasteiger partial charge >= 0.3 is 17.9 Å². The molecule has 53 heavy (non-hydrogen) atoms. The highest BCUT2D eigenvalue weighted by Crippen LogP contribution is 2.14. The molecule has 0 saturated carbocycles. The Labute approximate surface area is 327 Å². The highest BCUT2D eigenvalue weighted by molar-refractivity contribution is 5.71. The van der Waals surface area contributed by atoms with Crippen LogP contribution in [0.3, 0.4) is 0 Å². The standard InChI is InChI=1S/C47H84O6/c1-4-7-10-13-16-19-21-23-24-26-28-31-34-37-40-46(49)52-43-44(42-51-45(48)39-36-33-30-27-18-15-12-9-6-3)53-47(50)41-38-35-32-29-25-22-20-17-14-11-8-5-2/h7,10,16-17,19-20,44H,4-6,8-9,11-15,18,21-43H2,1-3H3/b10-7-,19-16-,20-17-. The van der Waals surface area contributed by atoms with Crippen molar-refractivity contribution >= 4 is 17.9 Å². The molecule has 0 amide bonds. The van der Waals surface area contributed by atoms with Gasteiger partial charge in [-0.15, -0.1) is 0 Å². The first-order valence-electron chi connectivity index (χ1n) is 22.5. The van der Waals surface area contributed by atoms with Crippen LogP contribution in [0, 0.1) is 0 Å². The predicted molar refractivity (Wildman–Crippen MR) is 224 cm³/mol. The van der Waals surface area contributed by atoms with Gasteiger partial charge in [0.2, 0.25) is 0 Å². The summed E-state index contributed by atoms with van der Waals surface area (Å²) < 4.78 is 16.7. The molecule has 0 N–H and O–H groups in total. The molecule has 1 atom stereocenters. The Kier molecular flexibility index (Phi) is 40.5. The maximum atomic E-state index is 12.7. The van der Waals surface area contributed by atoms with Crippen molar-refractivity contribution in [2.75, 3.05) is 13.2 Å². The van der Waals surface area contributed by atoms with E-state index in [-0.39, 0.29) is 31.1 Å². The van der Waals surface area contributed by atoms with Crippen LogP contribution in [0.2, 0.25) is 0 Å². The molecule has 0 fully saturated rings. The maximum Gasteiger partial charge on any atom is 0.306 e. The van der Waals surface area contributed by atoms with E-state index in [4.69, 9.17) is 14.2 Å². The molecule has 0 aromatic rings. The van der Waals surface area contributed by atoms with E-state index < -0.39 is 6.10 Å². The zero-order chi connectivity index (χ0) is 38.7. The molecule has 6 nitrogen and oxygen atoms in total. The third-order valence-corrected chi connectivity index (χ3v) is 9.63. The van der Waals surface area contributed by atoms with Gasteiger partial charge in [0, 0.05) is 19.3 Å². The van der Waals surface area contributed by atoms with Crippen LogP contribution in [0.5, 0.6) is 0 Å². The number of carbonyl (C=O) groups is 3. The predicted octanol–water partition coefficient (Wildman–Crippen LogP) is 14.2. The van der Waals surface area contributed by atoms with Crippen molar-refractivity contribution in [3.8, 4) is 0 Å². The van der Waals surface area contributed by atoms with E-state index in [1.54, 1.807) is 0 Å². The quantitative estimate of drug-likeness (QED) is 0.0269. The zero-order valence-electron chi connectivity index (χ0n) is 35.0. The number of carbonyl (C=O) groups excluding carboxylic acids is 3. The Morgan fingerprint density at radius 3 is 1.19 bits per heavy atom. The molecule has 0 rings (SSSR count). The fourth-order valence-corrected chi connectivity index (χ4v) is 6.24. The van der Waals surface area contributed by atoms with Crippen LogP contribution in [-0.2, 0) is 28.6 Å². The summed E-state index contributed by atoms with van der Waals surface area (Å²) in [5.74, 6) is -0.896. The summed E-state index contributed by atoms with van der Waals surface area (Å²) in [6.45, 7) is 6.47. The first kappa shape index (κ1) is 50.6. The lowest BCUT2D eigenvalue weighted by atomic mass is 10.1. The number of allylic oxidation sites excluding steroid dienone is 6. The number of rotatable bonds is 40. The first-order valence-corrected chi connectivity index (χ1v) is 22.5. The number of unbranched alkanes of at least 4 members (excludes halogenated alkanes) is 23. The van der Waals surface area contributed by atoms with E-state index in [1.165, 1.54) is 96.3 Å². The van der Waals surface area contributed by atoms with Gasteiger partial charge in [-0.3, -0.25) is 14.4 Å². The number of hydrogen-bond acceptors (Lipinski definition) is 6. The van der Waals surface area contributed by atoms with Crippen molar-refractivity contribution in [1.82, 2.24) is 0 Å². The molecule has 0 aliphatic rings. The summed E-state index contributed by atoms with van der Waals surface area (Å²) in [6, 6.07) is 0. The lowest BCUT2D eigenvalue weighted by Gasteiger charge is -2.18. The van der Waals surface area contributed by atoms with E-state index in [2.05, 4.69) is 57.2 Å². The largest absolute Gasteiger partial charge is 0.462 e. The molecule has 1 unspecified atom stereocenters. The van der Waals surface area contributed by atoms with Gasteiger partial charge < -0.3 is 14.2 Å². The van der Waals surface area contributed by atoms with Crippen LogP contribution in [0.15, 0.2) is 36.5 Å². The smallest absolute Gasteiger partial charge is 0.306 e. The summed E-state index contributed by atoms with van der Waals surface area (Å²) in [7, 11) is 0. The molecule has 308 valence electrons. The second kappa shape index (κ2) is 42.4. The van der Waals surface area contributed by atoms with Crippen molar-refractivity contribution in [2.45, 2.75) is 232 Å². The Morgan fingerprint density at radius 2 is 0.736 bits per heavy atom. The molecule has 0 aliphatic carbocycles. The Hall–Kier alpha value is -2.37. The van der Waals surface area contributed by atoms with Gasteiger partial charge in [-0.2, -0.15) is 0 Å². The summed E-state index contributed by atoms with van der Waals surface area (Å²) in [4.78, 5) is 37.6. The molecule has 0 aromatic heterocycles. The van der Waals surface area contributed by atoms with Crippen molar-refractivity contribution in [3.05, 3.63) is 36.5 Å². The normalized spacial score (nSPS) is 12.3. The van der Waals surface area contributed by atoms with Crippen LogP contribution in [0.4, 0.5) is 0 Å². The molecule has 0 saturated heterocycles. The maximum absolute atomic E-state index is 12.7. The Bertz CT molecular complexity index is 907. The van der Waals surface area contributed by atoms with E-state index >= 15 is 0 Å². The van der Waals surface area contributed by atoms with Crippen molar-refractivity contribution in [2.24, 2.45) is 0 Å². The van der Waals surface area contributed by atoms with Crippen molar-refractivity contribution in [3.63, 3.8) is 0 Å². The molecule has 6 heteroatoms.